The molecule has 152 valence electrons. The van der Waals surface area contributed by atoms with Gasteiger partial charge in [-0.05, 0) is 29.7 Å². The van der Waals surface area contributed by atoms with Crippen LogP contribution in [-0.2, 0) is 31.0 Å². The standard InChI is InChI=1S/C20H23Cl2NO4S/c1-28(24,25)27-10-9-20(17-7-8-18(21)19(22)11-17)13-23(15-26-14-20)12-16-5-3-2-4-6-16/h2-8,11H,9-10,12-15H2,1H3. The van der Waals surface area contributed by atoms with Crippen molar-refractivity contribution >= 4 is 33.3 Å². The van der Waals surface area contributed by atoms with Crippen LogP contribution >= 0.6 is 23.2 Å². The quantitative estimate of drug-likeness (QED) is 0.603. The zero-order valence-corrected chi connectivity index (χ0v) is 17.9. The number of ether oxygens (including phenoxy) is 1. The lowest BCUT2D eigenvalue weighted by molar-refractivity contribution is -0.0696. The highest BCUT2D eigenvalue weighted by Gasteiger charge is 2.38. The van der Waals surface area contributed by atoms with Crippen molar-refractivity contribution in [2.24, 2.45) is 0 Å². The Morgan fingerprint density at radius 2 is 1.89 bits per heavy atom. The van der Waals surface area contributed by atoms with Gasteiger partial charge in [0.05, 0.1) is 36.2 Å². The molecule has 1 fully saturated rings. The van der Waals surface area contributed by atoms with Crippen molar-refractivity contribution in [3.8, 4) is 0 Å². The van der Waals surface area contributed by atoms with Crippen LogP contribution in [0.3, 0.4) is 0 Å². The van der Waals surface area contributed by atoms with E-state index >= 15 is 0 Å². The van der Waals surface area contributed by atoms with E-state index in [0.29, 0.717) is 36.3 Å². The first kappa shape index (κ1) is 21.6. The van der Waals surface area contributed by atoms with Crippen LogP contribution in [0, 0.1) is 0 Å². The van der Waals surface area contributed by atoms with E-state index in [4.69, 9.17) is 32.1 Å². The van der Waals surface area contributed by atoms with Crippen LogP contribution in [-0.4, -0.2) is 46.1 Å². The highest BCUT2D eigenvalue weighted by Crippen LogP contribution is 2.36. The molecule has 0 N–H and O–H groups in total. The molecule has 0 aliphatic carbocycles. The molecule has 1 aliphatic rings. The molecule has 3 rings (SSSR count). The molecule has 1 aliphatic heterocycles. The van der Waals surface area contributed by atoms with Gasteiger partial charge in [-0.15, -0.1) is 0 Å². The maximum absolute atomic E-state index is 11.4. The molecule has 0 amide bonds. The van der Waals surface area contributed by atoms with Gasteiger partial charge in [-0.25, -0.2) is 0 Å². The highest BCUT2D eigenvalue weighted by molar-refractivity contribution is 7.85. The predicted molar refractivity (Wildman–Crippen MR) is 111 cm³/mol. The molecular formula is C20H23Cl2NO4S. The van der Waals surface area contributed by atoms with Gasteiger partial charge in [0.1, 0.15) is 0 Å². The molecule has 0 bridgehead atoms. The minimum Gasteiger partial charge on any atom is -0.365 e. The van der Waals surface area contributed by atoms with Crippen LogP contribution < -0.4 is 0 Å². The summed E-state index contributed by atoms with van der Waals surface area (Å²) < 4.78 is 33.8. The third-order valence-electron chi connectivity index (χ3n) is 4.84. The summed E-state index contributed by atoms with van der Waals surface area (Å²) in [6.45, 7) is 2.44. The number of halogens is 2. The molecular weight excluding hydrogens is 421 g/mol. The van der Waals surface area contributed by atoms with Gasteiger partial charge in [-0.3, -0.25) is 9.08 Å². The van der Waals surface area contributed by atoms with Crippen molar-refractivity contribution in [3.05, 3.63) is 69.7 Å². The van der Waals surface area contributed by atoms with Crippen LogP contribution in [0.2, 0.25) is 10.0 Å². The van der Waals surface area contributed by atoms with E-state index in [1.54, 1.807) is 6.07 Å². The van der Waals surface area contributed by atoms with Crippen LogP contribution in [0.4, 0.5) is 0 Å². The van der Waals surface area contributed by atoms with Gasteiger partial charge in [0.15, 0.2) is 0 Å². The smallest absolute Gasteiger partial charge is 0.264 e. The number of rotatable bonds is 7. The number of nitrogens with zero attached hydrogens (tertiary/aromatic N) is 1. The Labute approximate surface area is 176 Å². The minimum absolute atomic E-state index is 0.0710. The van der Waals surface area contributed by atoms with Crippen molar-refractivity contribution in [1.82, 2.24) is 4.90 Å². The molecule has 8 heteroatoms. The maximum atomic E-state index is 11.4. The molecule has 5 nitrogen and oxygen atoms in total. The Morgan fingerprint density at radius 1 is 1.14 bits per heavy atom. The van der Waals surface area contributed by atoms with Crippen molar-refractivity contribution in [1.29, 1.82) is 0 Å². The predicted octanol–water partition coefficient (Wildman–Crippen LogP) is 4.09. The van der Waals surface area contributed by atoms with Crippen molar-refractivity contribution < 1.29 is 17.3 Å². The summed E-state index contributed by atoms with van der Waals surface area (Å²) in [6, 6.07) is 15.7. The van der Waals surface area contributed by atoms with Gasteiger partial charge >= 0.3 is 0 Å². The first-order chi connectivity index (χ1) is 13.3. The first-order valence-electron chi connectivity index (χ1n) is 8.91. The molecule has 2 aromatic rings. The summed E-state index contributed by atoms with van der Waals surface area (Å²) in [5, 5.41) is 0.938. The van der Waals surface area contributed by atoms with Crippen LogP contribution in [0.1, 0.15) is 17.5 Å². The molecule has 28 heavy (non-hydrogen) atoms. The lowest BCUT2D eigenvalue weighted by Gasteiger charge is -2.43. The minimum atomic E-state index is -3.51. The number of hydrogen-bond acceptors (Lipinski definition) is 5. The van der Waals surface area contributed by atoms with Gasteiger partial charge in [0.2, 0.25) is 0 Å². The second kappa shape index (κ2) is 9.11. The molecule has 0 radical (unpaired) electrons. The first-order valence-corrected chi connectivity index (χ1v) is 11.5. The Bertz CT molecular complexity index is 908. The molecule has 2 aromatic carbocycles. The molecule has 1 heterocycles. The van der Waals surface area contributed by atoms with Crippen LogP contribution in [0.15, 0.2) is 48.5 Å². The third-order valence-corrected chi connectivity index (χ3v) is 6.17. The van der Waals surface area contributed by atoms with E-state index in [1.807, 2.05) is 30.3 Å². The SMILES string of the molecule is CS(=O)(=O)OCCC1(c2ccc(Cl)c(Cl)c2)COCN(Cc2ccccc2)C1. The van der Waals surface area contributed by atoms with Gasteiger partial charge in [0, 0.05) is 18.5 Å². The average Bonchev–Trinajstić information content (AvgIpc) is 2.64. The number of benzene rings is 2. The molecule has 0 saturated carbocycles. The Morgan fingerprint density at radius 3 is 2.57 bits per heavy atom. The van der Waals surface area contributed by atoms with Crippen LogP contribution in [0.25, 0.3) is 0 Å². The normalized spacial score (nSPS) is 21.0. The third kappa shape index (κ3) is 5.69. The Kier molecular flexibility index (Phi) is 7.02. The van der Waals surface area contributed by atoms with Crippen molar-refractivity contribution in [2.45, 2.75) is 18.4 Å². The second-order valence-electron chi connectivity index (χ2n) is 7.14. The summed E-state index contributed by atoms with van der Waals surface area (Å²) in [5.74, 6) is 0. The molecule has 0 spiro atoms. The van der Waals surface area contributed by atoms with Crippen molar-refractivity contribution in [3.63, 3.8) is 0 Å². The van der Waals surface area contributed by atoms with E-state index in [9.17, 15) is 8.42 Å². The summed E-state index contributed by atoms with van der Waals surface area (Å²) in [4.78, 5) is 2.20. The Balaban J connectivity index is 1.85. The molecule has 1 atom stereocenters. The maximum Gasteiger partial charge on any atom is 0.264 e. The fourth-order valence-electron chi connectivity index (χ4n) is 3.52. The van der Waals surface area contributed by atoms with E-state index in [-0.39, 0.29) is 6.61 Å². The fraction of sp³-hybridized carbons (Fsp3) is 0.400. The van der Waals surface area contributed by atoms with E-state index < -0.39 is 15.5 Å². The lowest BCUT2D eigenvalue weighted by Crippen LogP contribution is -2.50. The summed E-state index contributed by atoms with van der Waals surface area (Å²) in [6.07, 6.45) is 1.53. The number of hydrogen-bond donors (Lipinski definition) is 0. The van der Waals surface area contributed by atoms with E-state index in [0.717, 1.165) is 18.4 Å². The van der Waals surface area contributed by atoms with E-state index in [2.05, 4.69) is 17.0 Å². The Hall–Kier alpha value is -1.15. The van der Waals surface area contributed by atoms with E-state index in [1.165, 1.54) is 5.56 Å². The summed E-state index contributed by atoms with van der Waals surface area (Å²) in [7, 11) is -3.51. The molecule has 1 unspecified atom stereocenters. The van der Waals surface area contributed by atoms with Gasteiger partial charge in [-0.2, -0.15) is 8.42 Å². The zero-order valence-electron chi connectivity index (χ0n) is 15.6. The summed E-state index contributed by atoms with van der Waals surface area (Å²) in [5.41, 5.74) is 1.69. The van der Waals surface area contributed by atoms with Gasteiger partial charge < -0.3 is 4.74 Å². The van der Waals surface area contributed by atoms with Gasteiger partial charge in [0.25, 0.3) is 10.1 Å². The average molecular weight is 444 g/mol. The lowest BCUT2D eigenvalue weighted by atomic mass is 9.77. The highest BCUT2D eigenvalue weighted by atomic mass is 35.5. The van der Waals surface area contributed by atoms with Gasteiger partial charge in [-0.1, -0.05) is 59.6 Å². The fourth-order valence-corrected chi connectivity index (χ4v) is 4.20. The van der Waals surface area contributed by atoms with Crippen LogP contribution in [0.5, 0.6) is 0 Å². The monoisotopic (exact) mass is 443 g/mol. The second-order valence-corrected chi connectivity index (χ2v) is 9.59. The summed E-state index contributed by atoms with van der Waals surface area (Å²) >= 11 is 12.3. The molecule has 0 aromatic heterocycles. The largest absolute Gasteiger partial charge is 0.365 e. The topological polar surface area (TPSA) is 55.8 Å². The molecule has 1 saturated heterocycles. The zero-order chi connectivity index (χ0) is 20.2. The van der Waals surface area contributed by atoms with Crippen molar-refractivity contribution in [2.75, 3.05) is 32.7 Å².